The molecule has 1 unspecified atom stereocenters. The number of nitrogens with two attached hydrogens (primary N) is 1. The molecule has 0 aromatic heterocycles. The fraction of sp³-hybridized carbons (Fsp3) is 0.300. The van der Waals surface area contributed by atoms with Crippen LogP contribution in [0.15, 0.2) is 24.3 Å². The van der Waals surface area contributed by atoms with E-state index in [1.54, 1.807) is 12.1 Å². The van der Waals surface area contributed by atoms with Gasteiger partial charge in [-0.15, -0.1) is 0 Å². The molecule has 1 rings (SSSR count). The van der Waals surface area contributed by atoms with Gasteiger partial charge in [0.1, 0.15) is 5.82 Å². The third-order valence-corrected chi connectivity index (χ3v) is 1.76. The summed E-state index contributed by atoms with van der Waals surface area (Å²) in [6.07, 6.45) is 0.261. The summed E-state index contributed by atoms with van der Waals surface area (Å²) in [5.41, 5.74) is 5.81. The van der Waals surface area contributed by atoms with E-state index in [4.69, 9.17) is 5.73 Å². The fourth-order valence-corrected chi connectivity index (χ4v) is 1.18. The largest absolute Gasteiger partial charge is 0.382 e. The van der Waals surface area contributed by atoms with Crippen molar-refractivity contribution in [1.82, 2.24) is 0 Å². The number of carbonyl (C=O) groups excluding carboxylic acids is 1. The first-order valence-corrected chi connectivity index (χ1v) is 4.38. The van der Waals surface area contributed by atoms with Crippen molar-refractivity contribution in [3.63, 3.8) is 0 Å². The Kier molecular flexibility index (Phi) is 3.45. The van der Waals surface area contributed by atoms with Crippen LogP contribution in [0.25, 0.3) is 0 Å². The zero-order valence-electron chi connectivity index (χ0n) is 7.96. The molecule has 3 nitrogen and oxygen atoms in total. The van der Waals surface area contributed by atoms with E-state index in [9.17, 15) is 9.18 Å². The molecule has 0 radical (unpaired) electrons. The third kappa shape index (κ3) is 3.43. The summed E-state index contributed by atoms with van der Waals surface area (Å²) >= 11 is 0. The number of anilines is 1. The van der Waals surface area contributed by atoms with E-state index in [1.165, 1.54) is 12.1 Å². The van der Waals surface area contributed by atoms with Crippen LogP contribution < -0.4 is 11.1 Å². The van der Waals surface area contributed by atoms with Gasteiger partial charge in [0.25, 0.3) is 0 Å². The molecule has 0 saturated heterocycles. The lowest BCUT2D eigenvalue weighted by Gasteiger charge is -2.12. The molecule has 76 valence electrons. The molecule has 0 aliphatic carbocycles. The smallest absolute Gasteiger partial charge is 0.219 e. The van der Waals surface area contributed by atoms with E-state index in [-0.39, 0.29) is 24.2 Å². The number of hydrogen-bond acceptors (Lipinski definition) is 2. The highest BCUT2D eigenvalue weighted by atomic mass is 19.1. The first kappa shape index (κ1) is 10.5. The van der Waals surface area contributed by atoms with E-state index in [0.717, 1.165) is 5.69 Å². The van der Waals surface area contributed by atoms with Gasteiger partial charge in [0, 0.05) is 18.2 Å². The van der Waals surface area contributed by atoms with E-state index >= 15 is 0 Å². The Morgan fingerprint density at radius 3 is 2.57 bits per heavy atom. The Hall–Kier alpha value is -1.58. The minimum absolute atomic E-state index is 0.0436. The van der Waals surface area contributed by atoms with E-state index < -0.39 is 0 Å². The predicted octanol–water partition coefficient (Wildman–Crippen LogP) is 1.50. The SMILES string of the molecule is CC(CC(N)=O)Nc1ccc(F)cc1. The zero-order chi connectivity index (χ0) is 10.6. The van der Waals surface area contributed by atoms with Crippen LogP contribution in [0.5, 0.6) is 0 Å². The molecule has 1 amide bonds. The van der Waals surface area contributed by atoms with Gasteiger partial charge < -0.3 is 11.1 Å². The van der Waals surface area contributed by atoms with Gasteiger partial charge in [0.05, 0.1) is 0 Å². The molecule has 0 aliphatic rings. The number of hydrogen-bond donors (Lipinski definition) is 2. The molecule has 0 spiro atoms. The second kappa shape index (κ2) is 4.60. The van der Waals surface area contributed by atoms with Crippen molar-refractivity contribution in [1.29, 1.82) is 0 Å². The Morgan fingerprint density at radius 2 is 2.07 bits per heavy atom. The quantitative estimate of drug-likeness (QED) is 0.766. The number of benzene rings is 1. The molecular formula is C10H13FN2O. The van der Waals surface area contributed by atoms with Gasteiger partial charge >= 0.3 is 0 Å². The molecule has 0 heterocycles. The third-order valence-electron chi connectivity index (χ3n) is 1.76. The number of amides is 1. The van der Waals surface area contributed by atoms with Crippen LogP contribution in [0.2, 0.25) is 0 Å². The van der Waals surface area contributed by atoms with Crippen molar-refractivity contribution in [3.05, 3.63) is 30.1 Å². The first-order chi connectivity index (χ1) is 6.58. The van der Waals surface area contributed by atoms with Gasteiger partial charge in [0.15, 0.2) is 0 Å². The van der Waals surface area contributed by atoms with Crippen molar-refractivity contribution < 1.29 is 9.18 Å². The molecule has 1 atom stereocenters. The lowest BCUT2D eigenvalue weighted by Crippen LogP contribution is -2.23. The van der Waals surface area contributed by atoms with Crippen molar-refractivity contribution in [2.45, 2.75) is 19.4 Å². The Labute approximate surface area is 82.1 Å². The van der Waals surface area contributed by atoms with E-state index in [1.807, 2.05) is 6.92 Å². The van der Waals surface area contributed by atoms with Crippen LogP contribution in [-0.2, 0) is 4.79 Å². The Balaban J connectivity index is 2.51. The standard InChI is InChI=1S/C10H13FN2O/c1-7(6-10(12)14)13-9-4-2-8(11)3-5-9/h2-5,7,13H,6H2,1H3,(H2,12,14). The fourth-order valence-electron chi connectivity index (χ4n) is 1.18. The number of nitrogens with one attached hydrogen (secondary N) is 1. The lowest BCUT2D eigenvalue weighted by molar-refractivity contribution is -0.118. The summed E-state index contributed by atoms with van der Waals surface area (Å²) in [6, 6.07) is 5.91. The summed E-state index contributed by atoms with van der Waals surface area (Å²) in [5.74, 6) is -0.634. The molecule has 14 heavy (non-hydrogen) atoms. The normalized spacial score (nSPS) is 12.1. The van der Waals surface area contributed by atoms with Crippen LogP contribution in [0, 0.1) is 5.82 Å². The van der Waals surface area contributed by atoms with Crippen LogP contribution >= 0.6 is 0 Å². The van der Waals surface area contributed by atoms with Gasteiger partial charge in [-0.2, -0.15) is 0 Å². The number of halogens is 1. The molecule has 1 aromatic rings. The Bertz CT molecular complexity index is 310. The average molecular weight is 196 g/mol. The van der Waals surface area contributed by atoms with Crippen LogP contribution in [-0.4, -0.2) is 11.9 Å². The molecular weight excluding hydrogens is 183 g/mol. The summed E-state index contributed by atoms with van der Waals surface area (Å²) < 4.78 is 12.5. The minimum Gasteiger partial charge on any atom is -0.382 e. The highest BCUT2D eigenvalue weighted by Crippen LogP contribution is 2.10. The summed E-state index contributed by atoms with van der Waals surface area (Å²) in [4.78, 5) is 10.6. The molecule has 1 aromatic carbocycles. The summed E-state index contributed by atoms with van der Waals surface area (Å²) in [5, 5.41) is 3.03. The number of carbonyl (C=O) groups is 1. The second-order valence-electron chi connectivity index (χ2n) is 3.22. The number of rotatable bonds is 4. The molecule has 0 aliphatic heterocycles. The van der Waals surface area contributed by atoms with Gasteiger partial charge in [-0.1, -0.05) is 0 Å². The molecule has 0 saturated carbocycles. The predicted molar refractivity (Wildman–Crippen MR) is 53.3 cm³/mol. The molecule has 3 N–H and O–H groups in total. The topological polar surface area (TPSA) is 55.1 Å². The van der Waals surface area contributed by atoms with Gasteiger partial charge in [-0.25, -0.2) is 4.39 Å². The van der Waals surface area contributed by atoms with Crippen LogP contribution in [0.1, 0.15) is 13.3 Å². The van der Waals surface area contributed by atoms with Crippen LogP contribution in [0.4, 0.5) is 10.1 Å². The maximum Gasteiger partial charge on any atom is 0.219 e. The maximum atomic E-state index is 12.5. The second-order valence-corrected chi connectivity index (χ2v) is 3.22. The van der Waals surface area contributed by atoms with Crippen molar-refractivity contribution in [2.24, 2.45) is 5.73 Å². The maximum absolute atomic E-state index is 12.5. The minimum atomic E-state index is -0.355. The highest BCUT2D eigenvalue weighted by Gasteiger charge is 2.05. The molecule has 0 bridgehead atoms. The number of primary amides is 1. The van der Waals surface area contributed by atoms with Crippen LogP contribution in [0.3, 0.4) is 0 Å². The monoisotopic (exact) mass is 196 g/mol. The molecule has 0 fully saturated rings. The van der Waals surface area contributed by atoms with Crippen molar-refractivity contribution >= 4 is 11.6 Å². The zero-order valence-corrected chi connectivity index (χ0v) is 7.96. The Morgan fingerprint density at radius 1 is 1.50 bits per heavy atom. The average Bonchev–Trinajstić information content (AvgIpc) is 2.07. The van der Waals surface area contributed by atoms with Crippen molar-refractivity contribution in [2.75, 3.05) is 5.32 Å². The van der Waals surface area contributed by atoms with Gasteiger partial charge in [0.2, 0.25) is 5.91 Å². The molecule has 4 heteroatoms. The highest BCUT2D eigenvalue weighted by molar-refractivity contribution is 5.74. The van der Waals surface area contributed by atoms with Gasteiger partial charge in [-0.3, -0.25) is 4.79 Å². The van der Waals surface area contributed by atoms with E-state index in [0.29, 0.717) is 0 Å². The summed E-state index contributed by atoms with van der Waals surface area (Å²) in [6.45, 7) is 1.84. The lowest BCUT2D eigenvalue weighted by atomic mass is 10.2. The summed E-state index contributed by atoms with van der Waals surface area (Å²) in [7, 11) is 0. The first-order valence-electron chi connectivity index (χ1n) is 4.38. The van der Waals surface area contributed by atoms with Gasteiger partial charge in [-0.05, 0) is 31.2 Å². The van der Waals surface area contributed by atoms with E-state index in [2.05, 4.69) is 5.32 Å². The van der Waals surface area contributed by atoms with Crippen molar-refractivity contribution in [3.8, 4) is 0 Å².